The minimum Gasteiger partial charge on any atom is -0.496 e. The summed E-state index contributed by atoms with van der Waals surface area (Å²) in [5, 5.41) is 3.18. The zero-order chi connectivity index (χ0) is 26.7. The summed E-state index contributed by atoms with van der Waals surface area (Å²) in [5.41, 5.74) is 2.56. The third-order valence-electron chi connectivity index (χ3n) is 6.13. The van der Waals surface area contributed by atoms with Crippen molar-refractivity contribution in [3.05, 3.63) is 68.5 Å². The lowest BCUT2D eigenvalue weighted by atomic mass is 9.95. The normalized spacial score (nSPS) is 13.0. The Bertz CT molecular complexity index is 1430. The summed E-state index contributed by atoms with van der Waals surface area (Å²) in [4.78, 5) is 26.9. The number of ether oxygens (including phenoxy) is 2. The van der Waals surface area contributed by atoms with Crippen LogP contribution < -0.4 is 14.4 Å². The summed E-state index contributed by atoms with van der Waals surface area (Å²) in [6.45, 7) is 1.40. The molecule has 1 amide bonds. The van der Waals surface area contributed by atoms with E-state index >= 15 is 0 Å². The van der Waals surface area contributed by atoms with Gasteiger partial charge in [-0.3, -0.25) is 9.10 Å². The van der Waals surface area contributed by atoms with Crippen LogP contribution in [0, 0.1) is 6.92 Å². The van der Waals surface area contributed by atoms with Gasteiger partial charge in [-0.2, -0.15) is 0 Å². The molecule has 196 valence electrons. The molecule has 0 radical (unpaired) electrons. The fourth-order valence-electron chi connectivity index (χ4n) is 4.23. The van der Waals surface area contributed by atoms with Crippen molar-refractivity contribution in [2.45, 2.75) is 37.5 Å². The maximum atomic E-state index is 13.8. The van der Waals surface area contributed by atoms with Crippen LogP contribution in [0.1, 0.15) is 39.2 Å². The zero-order valence-corrected chi connectivity index (χ0v) is 23.9. The molecule has 1 aliphatic rings. The second-order valence-electron chi connectivity index (χ2n) is 8.60. The van der Waals surface area contributed by atoms with Crippen molar-refractivity contribution < 1.29 is 27.5 Å². The van der Waals surface area contributed by atoms with Gasteiger partial charge in [-0.25, -0.2) is 13.2 Å². The number of esters is 1. The van der Waals surface area contributed by atoms with E-state index in [0.717, 1.165) is 46.0 Å². The highest BCUT2D eigenvalue weighted by atomic mass is 79.9. The number of carbonyl (C=O) groups excluding carboxylic acids is 2. The second kappa shape index (κ2) is 11.2. The molecule has 8 nitrogen and oxygen atoms in total. The number of carbonyl (C=O) groups is 2. The summed E-state index contributed by atoms with van der Waals surface area (Å²) in [5.74, 6) is -0.600. The van der Waals surface area contributed by atoms with E-state index in [1.54, 1.807) is 30.3 Å². The Kier molecular flexibility index (Phi) is 8.25. The molecule has 3 aromatic rings. The summed E-state index contributed by atoms with van der Waals surface area (Å²) >= 11 is 4.68. The lowest BCUT2D eigenvalue weighted by molar-refractivity contribution is -0.114. The maximum absolute atomic E-state index is 13.8. The first-order valence-electron chi connectivity index (χ1n) is 11.6. The van der Waals surface area contributed by atoms with Crippen LogP contribution in [0.5, 0.6) is 5.75 Å². The van der Waals surface area contributed by atoms with Gasteiger partial charge in [0.25, 0.3) is 10.0 Å². The van der Waals surface area contributed by atoms with E-state index in [1.165, 1.54) is 37.7 Å². The molecule has 1 aromatic heterocycles. The molecule has 0 saturated heterocycles. The Morgan fingerprint density at radius 1 is 1.08 bits per heavy atom. The highest BCUT2D eigenvalue weighted by Gasteiger charge is 2.30. The monoisotopic (exact) mass is 606 g/mol. The average molecular weight is 608 g/mol. The Morgan fingerprint density at radius 2 is 1.78 bits per heavy atom. The number of rotatable bonds is 8. The Hall–Kier alpha value is -2.89. The van der Waals surface area contributed by atoms with Crippen LogP contribution in [-0.2, 0) is 32.4 Å². The fraction of sp³-hybridized carbons (Fsp3) is 0.308. The molecule has 2 aromatic carbocycles. The van der Waals surface area contributed by atoms with Gasteiger partial charge < -0.3 is 14.8 Å². The number of hydrogen-bond donors (Lipinski definition) is 1. The fourth-order valence-corrected chi connectivity index (χ4v) is 7.66. The standard InChI is InChI=1S/C26H27BrN2O6S2/c1-16-8-10-17(11-9-16)29(37(32,33)18-12-13-21(34-2)20(27)14-18)15-23(30)28-25-24(26(31)35-3)19-6-4-5-7-22(19)36-25/h8-14H,4-7,15H2,1-3H3,(H,28,30). The molecule has 4 rings (SSSR count). The van der Waals surface area contributed by atoms with E-state index in [4.69, 9.17) is 9.47 Å². The Morgan fingerprint density at radius 3 is 2.43 bits per heavy atom. The summed E-state index contributed by atoms with van der Waals surface area (Å²) in [6.07, 6.45) is 3.54. The van der Waals surface area contributed by atoms with E-state index < -0.39 is 28.4 Å². The maximum Gasteiger partial charge on any atom is 0.341 e. The SMILES string of the molecule is COC(=O)c1c(NC(=O)CN(c2ccc(C)cc2)S(=O)(=O)c2ccc(OC)c(Br)c2)sc2c1CCCC2. The van der Waals surface area contributed by atoms with Crippen LogP contribution >= 0.6 is 27.3 Å². The van der Waals surface area contributed by atoms with Crippen LogP contribution in [-0.4, -0.2) is 41.1 Å². The number of nitrogens with one attached hydrogen (secondary N) is 1. The number of sulfonamides is 1. The molecule has 0 atom stereocenters. The number of aryl methyl sites for hydroxylation is 2. The van der Waals surface area contributed by atoms with Gasteiger partial charge in [0, 0.05) is 4.88 Å². The van der Waals surface area contributed by atoms with Gasteiger partial charge in [-0.1, -0.05) is 17.7 Å². The highest BCUT2D eigenvalue weighted by Crippen LogP contribution is 2.39. The first kappa shape index (κ1) is 27.2. The summed E-state index contributed by atoms with van der Waals surface area (Å²) in [7, 11) is -1.34. The lowest BCUT2D eigenvalue weighted by Crippen LogP contribution is -2.38. The van der Waals surface area contributed by atoms with Crippen molar-refractivity contribution >= 4 is 59.9 Å². The van der Waals surface area contributed by atoms with Crippen LogP contribution in [0.2, 0.25) is 0 Å². The molecule has 0 unspecified atom stereocenters. The zero-order valence-electron chi connectivity index (χ0n) is 20.7. The Labute approximate surface area is 228 Å². The van der Waals surface area contributed by atoms with E-state index in [0.29, 0.717) is 26.5 Å². The average Bonchev–Trinajstić information content (AvgIpc) is 3.25. The van der Waals surface area contributed by atoms with Gasteiger partial charge in [0.2, 0.25) is 5.91 Å². The molecule has 37 heavy (non-hydrogen) atoms. The van der Waals surface area contributed by atoms with Crippen LogP contribution in [0.3, 0.4) is 0 Å². The molecular formula is C26H27BrN2O6S2. The van der Waals surface area contributed by atoms with Crippen molar-refractivity contribution in [3.8, 4) is 5.75 Å². The third-order valence-corrected chi connectivity index (χ3v) is 9.73. The number of anilines is 2. The largest absolute Gasteiger partial charge is 0.496 e. The van der Waals surface area contributed by atoms with Crippen molar-refractivity contribution in [1.82, 2.24) is 0 Å². The van der Waals surface area contributed by atoms with Crippen molar-refractivity contribution in [2.75, 3.05) is 30.4 Å². The molecular weight excluding hydrogens is 580 g/mol. The highest BCUT2D eigenvalue weighted by molar-refractivity contribution is 9.10. The molecule has 11 heteroatoms. The van der Waals surface area contributed by atoms with E-state index in [-0.39, 0.29) is 4.90 Å². The van der Waals surface area contributed by atoms with Gasteiger partial charge in [-0.15, -0.1) is 11.3 Å². The second-order valence-corrected chi connectivity index (χ2v) is 12.4. The number of fused-ring (bicyclic) bond motifs is 1. The van der Waals surface area contributed by atoms with E-state index in [9.17, 15) is 18.0 Å². The van der Waals surface area contributed by atoms with Crippen molar-refractivity contribution in [2.24, 2.45) is 0 Å². The molecule has 1 N–H and O–H groups in total. The van der Waals surface area contributed by atoms with E-state index in [1.807, 2.05) is 6.92 Å². The topological polar surface area (TPSA) is 102 Å². The van der Waals surface area contributed by atoms with Crippen LogP contribution in [0.4, 0.5) is 10.7 Å². The summed E-state index contributed by atoms with van der Waals surface area (Å²) < 4.78 is 39.2. The van der Waals surface area contributed by atoms with Gasteiger partial charge >= 0.3 is 5.97 Å². The van der Waals surface area contributed by atoms with E-state index in [2.05, 4.69) is 21.2 Å². The molecule has 0 fully saturated rings. The molecule has 1 heterocycles. The smallest absolute Gasteiger partial charge is 0.341 e. The number of halogens is 1. The number of methoxy groups -OCH3 is 2. The number of nitrogens with zero attached hydrogens (tertiary/aromatic N) is 1. The van der Waals surface area contributed by atoms with Gasteiger partial charge in [0.1, 0.15) is 17.3 Å². The van der Waals surface area contributed by atoms with Crippen LogP contribution in [0.15, 0.2) is 51.8 Å². The first-order chi connectivity index (χ1) is 17.6. The quantitative estimate of drug-likeness (QED) is 0.348. The minimum atomic E-state index is -4.14. The number of amides is 1. The minimum absolute atomic E-state index is 0.00427. The Balaban J connectivity index is 1.69. The first-order valence-corrected chi connectivity index (χ1v) is 14.7. The van der Waals surface area contributed by atoms with Crippen molar-refractivity contribution in [3.63, 3.8) is 0 Å². The van der Waals surface area contributed by atoms with Gasteiger partial charge in [-0.05, 0) is 84.4 Å². The number of benzene rings is 2. The molecule has 0 bridgehead atoms. The van der Waals surface area contributed by atoms with Gasteiger partial charge in [0.05, 0.1) is 34.8 Å². The predicted molar refractivity (Wildman–Crippen MR) is 147 cm³/mol. The van der Waals surface area contributed by atoms with Crippen molar-refractivity contribution in [1.29, 1.82) is 0 Å². The molecule has 0 saturated carbocycles. The number of hydrogen-bond acceptors (Lipinski definition) is 7. The molecule has 0 spiro atoms. The van der Waals surface area contributed by atoms with Gasteiger partial charge in [0.15, 0.2) is 0 Å². The number of thiophene rings is 1. The predicted octanol–water partition coefficient (Wildman–Crippen LogP) is 5.33. The summed E-state index contributed by atoms with van der Waals surface area (Å²) in [6, 6.07) is 11.3. The lowest BCUT2D eigenvalue weighted by Gasteiger charge is -2.24. The van der Waals surface area contributed by atoms with Crippen LogP contribution in [0.25, 0.3) is 0 Å². The molecule has 0 aliphatic heterocycles. The third kappa shape index (κ3) is 5.68. The molecule has 1 aliphatic carbocycles.